The Kier molecular flexibility index (Phi) is 4.68. The first-order valence-electron chi connectivity index (χ1n) is 6.05. The summed E-state index contributed by atoms with van der Waals surface area (Å²) in [5, 5.41) is 15.4. The van der Waals surface area contributed by atoms with Crippen molar-refractivity contribution in [1.29, 1.82) is 0 Å². The van der Waals surface area contributed by atoms with Crippen LogP contribution >= 0.6 is 0 Å². The molecule has 0 spiro atoms. The van der Waals surface area contributed by atoms with Crippen molar-refractivity contribution in [2.45, 2.75) is 0 Å². The number of allylic oxidation sites excluding steroid dienone is 7. The second-order valence-corrected chi connectivity index (χ2v) is 7.35. The fourth-order valence-corrected chi connectivity index (χ4v) is 2.65. The minimum absolute atomic E-state index is 0.00987. The van der Waals surface area contributed by atoms with Gasteiger partial charge in [-0.2, -0.15) is 8.42 Å². The Balaban J connectivity index is 2.34. The molecule has 2 rings (SSSR count). The Morgan fingerprint density at radius 1 is 0.958 bits per heavy atom. The van der Waals surface area contributed by atoms with Crippen LogP contribution in [0.1, 0.15) is 0 Å². The number of hydrazone groups is 1. The molecule has 2 aliphatic rings. The highest BCUT2D eigenvalue weighted by atomic mass is 32.2. The molecule has 0 aromatic heterocycles. The predicted molar refractivity (Wildman–Crippen MR) is 86.5 cm³/mol. The zero-order chi connectivity index (χ0) is 18.1. The summed E-state index contributed by atoms with van der Waals surface area (Å²) in [5.41, 5.74) is -0.491. The van der Waals surface area contributed by atoms with Gasteiger partial charge in [-0.25, -0.2) is 4.21 Å². The molecule has 0 radical (unpaired) electrons. The Hall–Kier alpha value is -2.38. The maximum Gasteiger partial charge on any atom is 0.294 e. The number of carbonyl (C=O) groups excluding carboxylic acids is 1. The number of hydrogen-bond acceptors (Lipinski definition) is 6. The maximum atomic E-state index is 11.9. The molecule has 0 amide bonds. The summed E-state index contributed by atoms with van der Waals surface area (Å²) in [6.45, 7) is 0. The Labute approximate surface area is 136 Å². The van der Waals surface area contributed by atoms with Gasteiger partial charge in [0, 0.05) is 17.3 Å². The van der Waals surface area contributed by atoms with Gasteiger partial charge < -0.3 is 5.21 Å². The number of carbonyl (C=O) groups is 1. The van der Waals surface area contributed by atoms with Crippen molar-refractivity contribution in [2.75, 3.05) is 0 Å². The van der Waals surface area contributed by atoms with Gasteiger partial charge in [0.25, 0.3) is 21.6 Å². The van der Waals surface area contributed by atoms with Gasteiger partial charge in [-0.05, 0) is 35.2 Å². The molecule has 12 heteroatoms. The number of rotatable bonds is 2. The van der Waals surface area contributed by atoms with E-state index in [9.17, 15) is 22.6 Å². The smallest absolute Gasteiger partial charge is 0.294 e. The summed E-state index contributed by atoms with van der Waals surface area (Å²) in [5.74, 6) is -0.978. The predicted octanol–water partition coefficient (Wildman–Crippen LogP) is -0.267. The van der Waals surface area contributed by atoms with Crippen molar-refractivity contribution in [3.05, 3.63) is 52.6 Å². The Bertz CT molecular complexity index is 989. The first kappa shape index (κ1) is 18.0. The normalized spacial score (nSPS) is 20.3. The first-order valence-corrected chi connectivity index (χ1v) is 8.96. The first-order chi connectivity index (χ1) is 11.0. The molecule has 128 valence electrons. The molecule has 0 fully saturated rings. The second kappa shape index (κ2) is 6.26. The molecule has 0 heterocycles. The summed E-state index contributed by atoms with van der Waals surface area (Å²) >= 11 is 0. The lowest BCUT2D eigenvalue weighted by Crippen LogP contribution is -2.23. The van der Waals surface area contributed by atoms with Crippen molar-refractivity contribution in [1.82, 2.24) is 0 Å². The van der Waals surface area contributed by atoms with E-state index in [1.54, 1.807) is 0 Å². The molecule has 24 heavy (non-hydrogen) atoms. The van der Waals surface area contributed by atoms with E-state index in [0.717, 1.165) is 36.5 Å². The van der Waals surface area contributed by atoms with Crippen LogP contribution in [0.2, 0.25) is 0 Å². The number of nitrogens with zero attached hydrogens (tertiary/aromatic N) is 2. The van der Waals surface area contributed by atoms with Crippen LogP contribution in [0, 0.1) is 5.21 Å². The van der Waals surface area contributed by atoms with Gasteiger partial charge in [0.15, 0.2) is 0 Å². The lowest BCUT2D eigenvalue weighted by atomic mass is 10.1. The Morgan fingerprint density at radius 3 is 2.00 bits per heavy atom. The fraction of sp³-hybridized carbons (Fsp3) is 0. The van der Waals surface area contributed by atoms with E-state index in [1.165, 1.54) is 0 Å². The molecule has 0 atom stereocenters. The van der Waals surface area contributed by atoms with Crippen LogP contribution < -0.4 is 0 Å². The topological polar surface area (TPSA) is 167 Å². The van der Waals surface area contributed by atoms with Gasteiger partial charge in [0.05, 0.1) is 9.77 Å². The molecule has 0 aromatic rings. The summed E-state index contributed by atoms with van der Waals surface area (Å²) < 4.78 is 59.5. The quantitative estimate of drug-likeness (QED) is 0.148. The fourth-order valence-electron chi connectivity index (χ4n) is 1.66. The molecule has 0 aromatic carbocycles. The van der Waals surface area contributed by atoms with Crippen LogP contribution in [0.4, 0.5) is 0 Å². The van der Waals surface area contributed by atoms with Crippen molar-refractivity contribution >= 4 is 42.3 Å². The van der Waals surface area contributed by atoms with Gasteiger partial charge in [0.1, 0.15) is 5.71 Å². The molecule has 0 bridgehead atoms. The third-order valence-corrected chi connectivity index (χ3v) is 4.52. The lowest BCUT2D eigenvalue weighted by Gasteiger charge is -2.06. The van der Waals surface area contributed by atoms with E-state index in [2.05, 4.69) is 5.10 Å². The summed E-state index contributed by atoms with van der Waals surface area (Å²) in [7, 11) is -8.71. The lowest BCUT2D eigenvalue weighted by molar-refractivity contribution is -0.460. The highest BCUT2D eigenvalue weighted by Gasteiger charge is 2.25. The van der Waals surface area contributed by atoms with E-state index in [1.807, 2.05) is 0 Å². The monoisotopic (exact) mass is 374 g/mol. The van der Waals surface area contributed by atoms with Crippen LogP contribution in [-0.2, 0) is 25.0 Å². The van der Waals surface area contributed by atoms with Gasteiger partial charge in [-0.1, -0.05) is 0 Å². The van der Waals surface area contributed by atoms with Crippen LogP contribution in [0.3, 0.4) is 0 Å². The SMILES string of the molecule is O=C1C=C(S(=O)(=O)O)C=CC1=[N+]([O-])N=C1C=CC(=S(=O)(O)O)C=C1. The minimum atomic E-state index is -4.57. The van der Waals surface area contributed by atoms with Crippen LogP contribution in [0.15, 0.2) is 52.5 Å². The largest absolute Gasteiger partial charge is 0.594 e. The minimum Gasteiger partial charge on any atom is -0.594 e. The van der Waals surface area contributed by atoms with Crippen LogP contribution in [-0.4, -0.2) is 53.2 Å². The standard InChI is InChI=1S/C12H10N2O8S2/c15-12-7-10(24(20,21)22)5-6-11(12)14(16)13-8-1-3-9(4-2-8)23(17,18)19/h1-7H,(H2,17,18,19)(H,20,21,22). The molecule has 0 aliphatic heterocycles. The van der Waals surface area contributed by atoms with E-state index in [4.69, 9.17) is 13.7 Å². The summed E-state index contributed by atoms with van der Waals surface area (Å²) in [4.78, 5) is 10.7. The zero-order valence-electron chi connectivity index (χ0n) is 11.6. The molecular weight excluding hydrogens is 364 g/mol. The van der Waals surface area contributed by atoms with E-state index in [-0.39, 0.29) is 15.4 Å². The second-order valence-electron chi connectivity index (χ2n) is 4.47. The van der Waals surface area contributed by atoms with Gasteiger partial charge >= 0.3 is 0 Å². The van der Waals surface area contributed by atoms with Crippen molar-refractivity contribution in [3.8, 4) is 0 Å². The number of ketones is 1. The number of hydrogen-bond donors (Lipinski definition) is 3. The molecule has 0 saturated carbocycles. The Morgan fingerprint density at radius 2 is 1.54 bits per heavy atom. The zero-order valence-corrected chi connectivity index (χ0v) is 13.3. The average molecular weight is 374 g/mol. The maximum absolute atomic E-state index is 11.9. The van der Waals surface area contributed by atoms with Crippen molar-refractivity contribution in [2.24, 2.45) is 5.10 Å². The van der Waals surface area contributed by atoms with E-state index >= 15 is 0 Å². The molecule has 0 saturated heterocycles. The van der Waals surface area contributed by atoms with Gasteiger partial charge in [-0.3, -0.25) is 18.5 Å². The van der Waals surface area contributed by atoms with Crippen molar-refractivity contribution < 1.29 is 35.9 Å². The third-order valence-electron chi connectivity index (χ3n) is 2.79. The third kappa shape index (κ3) is 4.12. The van der Waals surface area contributed by atoms with E-state index < -0.39 is 36.6 Å². The van der Waals surface area contributed by atoms with Crippen LogP contribution in [0.25, 0.3) is 0 Å². The molecule has 2 aliphatic carbocycles. The summed E-state index contributed by atoms with van der Waals surface area (Å²) in [6, 6.07) is 0. The molecule has 10 nitrogen and oxygen atoms in total. The van der Waals surface area contributed by atoms with Crippen molar-refractivity contribution in [3.63, 3.8) is 0 Å². The molecule has 0 unspecified atom stereocenters. The van der Waals surface area contributed by atoms with Gasteiger partial charge in [-0.15, -0.1) is 0 Å². The highest BCUT2D eigenvalue weighted by Crippen LogP contribution is 2.12. The highest BCUT2D eigenvalue weighted by molar-refractivity contribution is 7.92. The van der Waals surface area contributed by atoms with Gasteiger partial charge in [0.2, 0.25) is 10.1 Å². The summed E-state index contributed by atoms with van der Waals surface area (Å²) in [6.07, 6.45) is 6.75. The van der Waals surface area contributed by atoms with E-state index in [0.29, 0.717) is 6.08 Å². The molecule has 3 N–H and O–H groups in total. The molecular formula is C12H10N2O8S2. The van der Waals surface area contributed by atoms with Crippen LogP contribution in [0.5, 0.6) is 0 Å². The average Bonchev–Trinajstić information content (AvgIpc) is 2.45.